The Labute approximate surface area is 106 Å². The molecule has 0 radical (unpaired) electrons. The van der Waals surface area contributed by atoms with E-state index in [9.17, 15) is 4.39 Å². The second kappa shape index (κ2) is 5.27. The topological polar surface area (TPSA) is 48.2 Å². The molecule has 0 saturated carbocycles. The van der Waals surface area contributed by atoms with Gasteiger partial charge in [0.15, 0.2) is 18.2 Å². The zero-order chi connectivity index (χ0) is 12.3. The molecule has 2 aromatic rings. The highest BCUT2D eigenvalue weighted by Crippen LogP contribution is 2.22. The molecular weight excluding hydrogens is 291 g/mol. The van der Waals surface area contributed by atoms with Crippen LogP contribution in [0.1, 0.15) is 18.7 Å². The van der Waals surface area contributed by atoms with E-state index < -0.39 is 5.82 Å². The van der Waals surface area contributed by atoms with Gasteiger partial charge in [-0.05, 0) is 18.2 Å². The number of hydrogen-bond acceptors (Lipinski definition) is 4. The van der Waals surface area contributed by atoms with Gasteiger partial charge in [-0.1, -0.05) is 22.9 Å². The summed E-state index contributed by atoms with van der Waals surface area (Å²) in [5.41, 5.74) is 0. The first kappa shape index (κ1) is 12.0. The molecule has 0 bridgehead atoms. The molecule has 0 aliphatic rings. The van der Waals surface area contributed by atoms with Crippen molar-refractivity contribution in [1.82, 2.24) is 10.2 Å². The second-order valence-electron chi connectivity index (χ2n) is 3.31. The molecule has 1 heterocycles. The van der Waals surface area contributed by atoms with Gasteiger partial charge in [-0.25, -0.2) is 4.39 Å². The molecule has 1 aromatic heterocycles. The highest BCUT2D eigenvalue weighted by atomic mass is 79.9. The van der Waals surface area contributed by atoms with Crippen LogP contribution in [0.15, 0.2) is 27.1 Å². The van der Waals surface area contributed by atoms with Gasteiger partial charge in [0.05, 0.1) is 0 Å². The Hall–Kier alpha value is -1.43. The Bertz CT molecular complexity index is 516. The maximum Gasteiger partial charge on any atom is 0.253 e. The van der Waals surface area contributed by atoms with Gasteiger partial charge in [0, 0.05) is 10.9 Å². The minimum absolute atomic E-state index is 0.0559. The van der Waals surface area contributed by atoms with Crippen molar-refractivity contribution in [2.45, 2.75) is 20.0 Å². The minimum atomic E-state index is -0.427. The monoisotopic (exact) mass is 300 g/mol. The predicted octanol–water partition coefficient (Wildman–Crippen LogP) is 3.11. The van der Waals surface area contributed by atoms with Crippen LogP contribution in [0.3, 0.4) is 0 Å². The molecule has 0 aliphatic carbocycles. The average molecular weight is 301 g/mol. The molecule has 4 nitrogen and oxygen atoms in total. The summed E-state index contributed by atoms with van der Waals surface area (Å²) < 4.78 is 24.6. The number of benzene rings is 1. The van der Waals surface area contributed by atoms with E-state index in [-0.39, 0.29) is 12.4 Å². The fourth-order valence-electron chi connectivity index (χ4n) is 1.22. The van der Waals surface area contributed by atoms with Crippen LogP contribution >= 0.6 is 15.9 Å². The first-order valence-corrected chi connectivity index (χ1v) is 5.87. The second-order valence-corrected chi connectivity index (χ2v) is 4.22. The fourth-order valence-corrected chi connectivity index (χ4v) is 1.56. The van der Waals surface area contributed by atoms with Gasteiger partial charge in [-0.15, -0.1) is 10.2 Å². The summed E-state index contributed by atoms with van der Waals surface area (Å²) >= 11 is 3.24. The molecule has 0 saturated heterocycles. The summed E-state index contributed by atoms with van der Waals surface area (Å²) in [6.45, 7) is 1.96. The van der Waals surface area contributed by atoms with E-state index >= 15 is 0 Å². The molecule has 90 valence electrons. The Morgan fingerprint density at radius 1 is 1.35 bits per heavy atom. The van der Waals surface area contributed by atoms with E-state index in [1.807, 2.05) is 6.92 Å². The number of aryl methyl sites for hydroxylation is 1. The van der Waals surface area contributed by atoms with Gasteiger partial charge in [0.25, 0.3) is 5.89 Å². The Kier molecular flexibility index (Phi) is 3.73. The molecule has 0 N–H and O–H groups in total. The van der Waals surface area contributed by atoms with Crippen LogP contribution in [0.2, 0.25) is 0 Å². The Morgan fingerprint density at radius 2 is 2.12 bits per heavy atom. The zero-order valence-corrected chi connectivity index (χ0v) is 10.7. The van der Waals surface area contributed by atoms with Gasteiger partial charge in [-0.2, -0.15) is 0 Å². The molecule has 2 rings (SSSR count). The van der Waals surface area contributed by atoms with Crippen LogP contribution in [-0.4, -0.2) is 10.2 Å². The molecule has 0 fully saturated rings. The lowest BCUT2D eigenvalue weighted by Crippen LogP contribution is -1.97. The molecule has 0 atom stereocenters. The molecule has 0 spiro atoms. The largest absolute Gasteiger partial charge is 0.481 e. The van der Waals surface area contributed by atoms with Crippen LogP contribution in [0.5, 0.6) is 5.75 Å². The van der Waals surface area contributed by atoms with E-state index in [1.165, 1.54) is 6.07 Å². The zero-order valence-electron chi connectivity index (χ0n) is 9.11. The van der Waals surface area contributed by atoms with Crippen molar-refractivity contribution in [2.24, 2.45) is 0 Å². The van der Waals surface area contributed by atoms with Crippen molar-refractivity contribution in [1.29, 1.82) is 0 Å². The van der Waals surface area contributed by atoms with Crippen LogP contribution < -0.4 is 4.74 Å². The third-order valence-corrected chi connectivity index (χ3v) is 2.55. The first-order chi connectivity index (χ1) is 8.19. The molecule has 0 unspecified atom stereocenters. The number of halogens is 2. The van der Waals surface area contributed by atoms with E-state index in [2.05, 4.69) is 26.1 Å². The van der Waals surface area contributed by atoms with Crippen molar-refractivity contribution >= 4 is 15.9 Å². The maximum atomic E-state index is 13.3. The van der Waals surface area contributed by atoms with Gasteiger partial charge < -0.3 is 9.15 Å². The highest BCUT2D eigenvalue weighted by molar-refractivity contribution is 9.10. The third-order valence-electron chi connectivity index (χ3n) is 2.06. The highest BCUT2D eigenvalue weighted by Gasteiger charge is 2.08. The van der Waals surface area contributed by atoms with Crippen LogP contribution in [0.4, 0.5) is 4.39 Å². The maximum absolute atomic E-state index is 13.3. The van der Waals surface area contributed by atoms with E-state index in [0.717, 1.165) is 4.47 Å². The lowest BCUT2D eigenvalue weighted by molar-refractivity contribution is 0.248. The summed E-state index contributed by atoms with van der Waals surface area (Å²) in [7, 11) is 0. The van der Waals surface area contributed by atoms with E-state index in [4.69, 9.17) is 9.15 Å². The Balaban J connectivity index is 2.04. The number of aromatic nitrogens is 2. The molecule has 17 heavy (non-hydrogen) atoms. The molecule has 0 amide bonds. The molecule has 0 aliphatic heterocycles. The normalized spacial score (nSPS) is 10.5. The van der Waals surface area contributed by atoms with E-state index in [0.29, 0.717) is 18.2 Å². The summed E-state index contributed by atoms with van der Waals surface area (Å²) in [4.78, 5) is 0. The molecular formula is C11H10BrFN2O2. The number of nitrogens with zero attached hydrogens (tertiary/aromatic N) is 2. The van der Waals surface area contributed by atoms with Gasteiger partial charge in [0.1, 0.15) is 0 Å². The predicted molar refractivity (Wildman–Crippen MR) is 62.1 cm³/mol. The van der Waals surface area contributed by atoms with Gasteiger partial charge >= 0.3 is 0 Å². The quantitative estimate of drug-likeness (QED) is 0.870. The smallest absolute Gasteiger partial charge is 0.253 e. The SMILES string of the molecule is CCc1nnc(COc2cc(Br)ccc2F)o1. The Morgan fingerprint density at radius 3 is 2.82 bits per heavy atom. The van der Waals surface area contributed by atoms with Crippen LogP contribution in [0.25, 0.3) is 0 Å². The fraction of sp³-hybridized carbons (Fsp3) is 0.273. The minimum Gasteiger partial charge on any atom is -0.481 e. The van der Waals surface area contributed by atoms with E-state index in [1.54, 1.807) is 12.1 Å². The standard InChI is InChI=1S/C11H10BrFN2O2/c1-2-10-14-15-11(17-10)6-16-9-5-7(12)3-4-8(9)13/h3-5H,2,6H2,1H3. The third kappa shape index (κ3) is 3.03. The van der Waals surface area contributed by atoms with Crippen LogP contribution in [0, 0.1) is 5.82 Å². The van der Waals surface area contributed by atoms with Crippen molar-refractivity contribution in [2.75, 3.05) is 0 Å². The lowest BCUT2D eigenvalue weighted by atomic mass is 10.3. The summed E-state index contributed by atoms with van der Waals surface area (Å²) in [6.07, 6.45) is 0.665. The number of hydrogen-bond donors (Lipinski definition) is 0. The number of rotatable bonds is 4. The van der Waals surface area contributed by atoms with Gasteiger partial charge in [-0.3, -0.25) is 0 Å². The summed E-state index contributed by atoms with van der Waals surface area (Å²) in [5.74, 6) is 0.596. The lowest BCUT2D eigenvalue weighted by Gasteiger charge is -2.04. The van der Waals surface area contributed by atoms with Crippen LogP contribution in [-0.2, 0) is 13.0 Å². The summed E-state index contributed by atoms with van der Waals surface area (Å²) in [6, 6.07) is 4.47. The van der Waals surface area contributed by atoms with Crippen molar-refractivity contribution < 1.29 is 13.5 Å². The van der Waals surface area contributed by atoms with Gasteiger partial charge in [0.2, 0.25) is 5.89 Å². The van der Waals surface area contributed by atoms with Crippen molar-refractivity contribution in [3.05, 3.63) is 40.3 Å². The number of ether oxygens (including phenoxy) is 1. The summed E-state index contributed by atoms with van der Waals surface area (Å²) in [5, 5.41) is 7.57. The molecule has 6 heteroatoms. The van der Waals surface area contributed by atoms with Crippen molar-refractivity contribution in [3.8, 4) is 5.75 Å². The molecule has 1 aromatic carbocycles. The van der Waals surface area contributed by atoms with Crippen molar-refractivity contribution in [3.63, 3.8) is 0 Å². The average Bonchev–Trinajstić information content (AvgIpc) is 2.78. The first-order valence-electron chi connectivity index (χ1n) is 5.08.